The number of benzene rings is 1. The van der Waals surface area contributed by atoms with Crippen LogP contribution in [0.1, 0.15) is 47.0 Å². The van der Waals surface area contributed by atoms with Gasteiger partial charge in [-0.05, 0) is 50.5 Å². The molecule has 0 spiro atoms. The molecule has 24 heavy (non-hydrogen) atoms. The van der Waals surface area contributed by atoms with E-state index in [4.69, 9.17) is 4.74 Å². The van der Waals surface area contributed by atoms with Crippen LogP contribution < -0.4 is 0 Å². The average Bonchev–Trinajstić information content (AvgIpc) is 2.97. The van der Waals surface area contributed by atoms with E-state index in [1.807, 2.05) is 0 Å². The number of carbonyl (C=O) groups is 2. The lowest BCUT2D eigenvalue weighted by atomic mass is 9.76. The average molecular weight is 325 g/mol. The van der Waals surface area contributed by atoms with Gasteiger partial charge in [-0.2, -0.15) is 5.26 Å². The molecular formula is C18H19N3O3. The van der Waals surface area contributed by atoms with Crippen molar-refractivity contribution in [3.8, 4) is 6.07 Å². The number of carbonyl (C=O) groups excluding carboxylic acids is 2. The Morgan fingerprint density at radius 1 is 1.38 bits per heavy atom. The summed E-state index contributed by atoms with van der Waals surface area (Å²) in [7, 11) is 1.68. The van der Waals surface area contributed by atoms with Gasteiger partial charge < -0.3 is 14.6 Å². The Labute approximate surface area is 140 Å². The minimum atomic E-state index is -0.680. The molecule has 1 fully saturated rings. The number of esters is 1. The van der Waals surface area contributed by atoms with Crippen LogP contribution >= 0.6 is 0 Å². The first-order chi connectivity index (χ1) is 11.5. The molecule has 1 amide bonds. The number of rotatable bonds is 4. The van der Waals surface area contributed by atoms with Crippen LogP contribution in [-0.2, 0) is 4.74 Å². The number of nitriles is 1. The third kappa shape index (κ3) is 2.52. The quantitative estimate of drug-likeness (QED) is 0.876. The first kappa shape index (κ1) is 16.1. The van der Waals surface area contributed by atoms with Crippen molar-refractivity contribution in [2.45, 2.75) is 31.7 Å². The third-order valence-electron chi connectivity index (χ3n) is 4.70. The molecule has 124 valence electrons. The Hall–Kier alpha value is -2.81. The summed E-state index contributed by atoms with van der Waals surface area (Å²) >= 11 is 0. The van der Waals surface area contributed by atoms with Crippen LogP contribution in [0, 0.1) is 11.3 Å². The van der Waals surface area contributed by atoms with Crippen molar-refractivity contribution in [1.29, 1.82) is 5.26 Å². The van der Waals surface area contributed by atoms with E-state index in [0.29, 0.717) is 30.7 Å². The lowest BCUT2D eigenvalue weighted by Crippen LogP contribution is -2.53. The molecule has 3 rings (SSSR count). The molecule has 0 bridgehead atoms. The van der Waals surface area contributed by atoms with E-state index in [1.165, 1.54) is 4.90 Å². The van der Waals surface area contributed by atoms with Gasteiger partial charge in [0.2, 0.25) is 0 Å². The van der Waals surface area contributed by atoms with Crippen molar-refractivity contribution >= 4 is 22.8 Å². The standard InChI is InChI=1S/C18H19N3O3/c1-3-24-17(23)15-10-13-9-12(5-6-14(13)20-15)16(22)21(2)18(11-19)7-4-8-18/h5-6,9-10,20H,3-4,7-8H2,1-2H3. The monoisotopic (exact) mass is 325 g/mol. The van der Waals surface area contributed by atoms with E-state index < -0.39 is 11.5 Å². The second-order valence-electron chi connectivity index (χ2n) is 6.07. The molecular weight excluding hydrogens is 306 g/mol. The summed E-state index contributed by atoms with van der Waals surface area (Å²) in [6, 6.07) is 9.15. The van der Waals surface area contributed by atoms with E-state index >= 15 is 0 Å². The van der Waals surface area contributed by atoms with E-state index in [0.717, 1.165) is 17.3 Å². The summed E-state index contributed by atoms with van der Waals surface area (Å²) in [5, 5.41) is 10.2. The van der Waals surface area contributed by atoms with Crippen molar-refractivity contribution in [2.75, 3.05) is 13.7 Å². The van der Waals surface area contributed by atoms with Crippen LogP contribution in [0.15, 0.2) is 24.3 Å². The van der Waals surface area contributed by atoms with Crippen LogP contribution in [-0.4, -0.2) is 41.0 Å². The molecule has 6 nitrogen and oxygen atoms in total. The zero-order valence-corrected chi connectivity index (χ0v) is 13.8. The molecule has 6 heteroatoms. The molecule has 0 aliphatic heterocycles. The van der Waals surface area contributed by atoms with Gasteiger partial charge in [0.1, 0.15) is 11.2 Å². The number of nitrogens with one attached hydrogen (secondary N) is 1. The zero-order chi connectivity index (χ0) is 17.3. The summed E-state index contributed by atoms with van der Waals surface area (Å²) in [5.74, 6) is -0.603. The lowest BCUT2D eigenvalue weighted by Gasteiger charge is -2.42. The number of nitrogens with zero attached hydrogens (tertiary/aromatic N) is 2. The molecule has 2 aromatic rings. The molecule has 1 saturated carbocycles. The fourth-order valence-corrected chi connectivity index (χ4v) is 3.01. The van der Waals surface area contributed by atoms with Crippen molar-refractivity contribution < 1.29 is 14.3 Å². The highest BCUT2D eigenvalue weighted by molar-refractivity contribution is 6.00. The highest BCUT2D eigenvalue weighted by Gasteiger charge is 2.43. The Bertz CT molecular complexity index is 843. The van der Waals surface area contributed by atoms with Crippen LogP contribution in [0.3, 0.4) is 0 Å². The van der Waals surface area contributed by atoms with Crippen LogP contribution in [0.25, 0.3) is 10.9 Å². The number of hydrogen-bond donors (Lipinski definition) is 1. The summed E-state index contributed by atoms with van der Waals surface area (Å²) < 4.78 is 4.97. The summed E-state index contributed by atoms with van der Waals surface area (Å²) in [6.45, 7) is 2.05. The topological polar surface area (TPSA) is 86.2 Å². The number of ether oxygens (including phenoxy) is 1. The molecule has 0 atom stereocenters. The molecule has 0 radical (unpaired) electrons. The SMILES string of the molecule is CCOC(=O)c1cc2cc(C(=O)N(C)C3(C#N)CCC3)ccc2[nH]1. The minimum Gasteiger partial charge on any atom is -0.461 e. The van der Waals surface area contributed by atoms with Gasteiger partial charge >= 0.3 is 5.97 Å². The maximum Gasteiger partial charge on any atom is 0.354 e. The van der Waals surface area contributed by atoms with Crippen LogP contribution in [0.4, 0.5) is 0 Å². The number of aromatic amines is 1. The number of H-pyrrole nitrogens is 1. The summed E-state index contributed by atoms with van der Waals surface area (Å²) in [5.41, 5.74) is 0.939. The molecule has 1 N–H and O–H groups in total. The van der Waals surface area contributed by atoms with Crippen molar-refractivity contribution in [3.05, 3.63) is 35.5 Å². The van der Waals surface area contributed by atoms with E-state index in [1.54, 1.807) is 38.2 Å². The fourth-order valence-electron chi connectivity index (χ4n) is 3.01. The first-order valence-electron chi connectivity index (χ1n) is 8.00. The second kappa shape index (κ2) is 6.00. The summed E-state index contributed by atoms with van der Waals surface area (Å²) in [6.07, 6.45) is 2.39. The normalized spacial score (nSPS) is 15.4. The minimum absolute atomic E-state index is 0.183. The molecule has 1 aliphatic carbocycles. The Morgan fingerprint density at radius 3 is 2.71 bits per heavy atom. The highest BCUT2D eigenvalue weighted by atomic mass is 16.5. The number of fused-ring (bicyclic) bond motifs is 1. The molecule has 1 aromatic carbocycles. The van der Waals surface area contributed by atoms with Crippen LogP contribution in [0.5, 0.6) is 0 Å². The van der Waals surface area contributed by atoms with E-state index in [9.17, 15) is 14.9 Å². The Morgan fingerprint density at radius 2 is 2.12 bits per heavy atom. The molecule has 1 aromatic heterocycles. The van der Waals surface area contributed by atoms with E-state index in [-0.39, 0.29) is 5.91 Å². The van der Waals surface area contributed by atoms with Gasteiger partial charge in [-0.25, -0.2) is 4.79 Å². The molecule has 0 saturated heterocycles. The number of amides is 1. The predicted octanol–water partition coefficient (Wildman–Crippen LogP) is 2.86. The van der Waals surface area contributed by atoms with Gasteiger partial charge in [-0.15, -0.1) is 0 Å². The predicted molar refractivity (Wildman–Crippen MR) is 88.5 cm³/mol. The fraction of sp³-hybridized carbons (Fsp3) is 0.389. The number of hydrogen-bond acceptors (Lipinski definition) is 4. The van der Waals surface area contributed by atoms with Crippen molar-refractivity contribution in [3.63, 3.8) is 0 Å². The van der Waals surface area contributed by atoms with Gasteiger partial charge in [0, 0.05) is 23.5 Å². The Kier molecular flexibility index (Phi) is 4.02. The Balaban J connectivity index is 1.89. The first-order valence-corrected chi connectivity index (χ1v) is 8.00. The molecule has 1 aliphatic rings. The highest BCUT2D eigenvalue weighted by Crippen LogP contribution is 2.37. The van der Waals surface area contributed by atoms with Gasteiger partial charge in [-0.3, -0.25) is 4.79 Å². The van der Waals surface area contributed by atoms with E-state index in [2.05, 4.69) is 11.1 Å². The maximum atomic E-state index is 12.7. The maximum absolute atomic E-state index is 12.7. The largest absolute Gasteiger partial charge is 0.461 e. The smallest absolute Gasteiger partial charge is 0.354 e. The van der Waals surface area contributed by atoms with Gasteiger partial charge in [0.25, 0.3) is 5.91 Å². The van der Waals surface area contributed by atoms with Crippen molar-refractivity contribution in [2.24, 2.45) is 0 Å². The second-order valence-corrected chi connectivity index (χ2v) is 6.07. The lowest BCUT2D eigenvalue weighted by molar-refractivity contribution is 0.0495. The van der Waals surface area contributed by atoms with Gasteiger partial charge in [0.05, 0.1) is 12.7 Å². The molecule has 0 unspecified atom stereocenters. The third-order valence-corrected chi connectivity index (χ3v) is 4.70. The van der Waals surface area contributed by atoms with Gasteiger partial charge in [0.15, 0.2) is 0 Å². The van der Waals surface area contributed by atoms with Gasteiger partial charge in [-0.1, -0.05) is 0 Å². The zero-order valence-electron chi connectivity index (χ0n) is 13.8. The van der Waals surface area contributed by atoms with Crippen molar-refractivity contribution in [1.82, 2.24) is 9.88 Å². The molecule has 1 heterocycles. The number of aromatic nitrogens is 1. The van der Waals surface area contributed by atoms with Crippen LogP contribution in [0.2, 0.25) is 0 Å². The summed E-state index contributed by atoms with van der Waals surface area (Å²) in [4.78, 5) is 29.0.